The molecule has 0 saturated heterocycles. The van der Waals surface area contributed by atoms with Gasteiger partial charge in [-0.3, -0.25) is 9.55 Å². The molecule has 1 unspecified atom stereocenters. The van der Waals surface area contributed by atoms with Crippen LogP contribution in [0.1, 0.15) is 11.8 Å². The van der Waals surface area contributed by atoms with Crippen LogP contribution in [0.5, 0.6) is 0 Å². The van der Waals surface area contributed by atoms with Crippen LogP contribution in [0.2, 0.25) is 0 Å². The zero-order chi connectivity index (χ0) is 14.5. The first-order valence-corrected chi connectivity index (χ1v) is 8.62. The summed E-state index contributed by atoms with van der Waals surface area (Å²) in [5.41, 5.74) is 0. The zero-order valence-corrected chi connectivity index (χ0v) is 13.1. The Morgan fingerprint density at radius 2 is 2.37 bits per heavy atom. The van der Waals surface area contributed by atoms with Crippen molar-refractivity contribution >= 4 is 38.4 Å². The molecule has 0 spiro atoms. The topological polar surface area (TPSA) is 78.8 Å². The van der Waals surface area contributed by atoms with Gasteiger partial charge in [0.1, 0.15) is 5.04 Å². The van der Waals surface area contributed by atoms with E-state index < -0.39 is 16.3 Å². The number of thioether (sulfide) groups is 1. The summed E-state index contributed by atoms with van der Waals surface area (Å²) in [7, 11) is -2.56. The lowest BCUT2D eigenvalue weighted by Crippen LogP contribution is -2.39. The number of nitrogens with zero attached hydrogens (tertiary/aromatic N) is 1. The highest BCUT2D eigenvalue weighted by atomic mass is 32.2. The van der Waals surface area contributed by atoms with Crippen LogP contribution in [-0.4, -0.2) is 36.4 Å². The number of aliphatic imine (C=N–C) groups is 1. The highest BCUT2D eigenvalue weighted by molar-refractivity contribution is 8.15. The first-order chi connectivity index (χ1) is 8.87. The summed E-state index contributed by atoms with van der Waals surface area (Å²) in [5, 5.41) is 2.62. The van der Waals surface area contributed by atoms with Gasteiger partial charge in [-0.15, -0.1) is 29.7 Å². The molecular weight excluding hydrogens is 304 g/mol. The van der Waals surface area contributed by atoms with E-state index in [1.807, 2.05) is 24.4 Å². The summed E-state index contributed by atoms with van der Waals surface area (Å²) in [4.78, 5) is 5.22. The zero-order valence-electron chi connectivity index (χ0n) is 10.6. The molecule has 5 nitrogen and oxygen atoms in total. The first kappa shape index (κ1) is 16.4. The molecule has 1 heterocycles. The number of hydrogen-bond acceptors (Lipinski definition) is 5. The average Bonchev–Trinajstić information content (AvgIpc) is 2.85. The van der Waals surface area contributed by atoms with Crippen LogP contribution < -0.4 is 4.72 Å². The number of nitrogens with one attached hydrogen (secondary N) is 1. The predicted molar refractivity (Wildman–Crippen MR) is 82.5 cm³/mol. The molecule has 2 N–H and O–H groups in total. The number of hydrogen-bond donors (Lipinski definition) is 2. The molecule has 19 heavy (non-hydrogen) atoms. The summed E-state index contributed by atoms with van der Waals surface area (Å²) < 4.78 is 32.6. The Kier molecular flexibility index (Phi) is 6.21. The van der Waals surface area contributed by atoms with Crippen molar-refractivity contribution < 1.29 is 13.0 Å². The Balaban J connectivity index is 2.77. The van der Waals surface area contributed by atoms with Gasteiger partial charge in [0.25, 0.3) is 0 Å². The molecule has 8 heteroatoms. The van der Waals surface area contributed by atoms with E-state index in [2.05, 4.69) is 16.3 Å². The smallest absolute Gasteiger partial charge is 0.280 e. The SMILES string of the molecule is C=CC(NS(=O)(=O)O)[C@H](C)S/C(=N\C)c1cccs1. The Bertz CT molecular complexity index is 538. The fourth-order valence-corrected chi connectivity index (χ4v) is 4.02. The van der Waals surface area contributed by atoms with Gasteiger partial charge < -0.3 is 0 Å². The second kappa shape index (κ2) is 7.20. The lowest BCUT2D eigenvalue weighted by atomic mass is 10.2. The summed E-state index contributed by atoms with van der Waals surface area (Å²) >= 11 is 2.99. The van der Waals surface area contributed by atoms with Crippen LogP contribution in [-0.2, 0) is 10.3 Å². The second-order valence-electron chi connectivity index (χ2n) is 3.68. The van der Waals surface area contributed by atoms with Gasteiger partial charge in [0, 0.05) is 12.3 Å². The molecule has 0 radical (unpaired) electrons. The average molecular weight is 320 g/mol. The molecule has 1 rings (SSSR count). The van der Waals surface area contributed by atoms with Crippen LogP contribution in [0.3, 0.4) is 0 Å². The fraction of sp³-hybridized carbons (Fsp3) is 0.364. The first-order valence-electron chi connectivity index (χ1n) is 5.42. The minimum atomic E-state index is -4.25. The van der Waals surface area contributed by atoms with E-state index in [1.165, 1.54) is 17.8 Å². The summed E-state index contributed by atoms with van der Waals surface area (Å²) in [5.74, 6) is 0. The minimum absolute atomic E-state index is 0.153. The van der Waals surface area contributed by atoms with Gasteiger partial charge in [-0.1, -0.05) is 19.1 Å². The Morgan fingerprint density at radius 3 is 2.79 bits per heavy atom. The molecule has 0 amide bonds. The molecule has 1 aromatic heterocycles. The fourth-order valence-electron chi connectivity index (χ4n) is 1.38. The van der Waals surface area contributed by atoms with Crippen molar-refractivity contribution in [2.45, 2.75) is 18.2 Å². The van der Waals surface area contributed by atoms with Crippen molar-refractivity contribution in [2.75, 3.05) is 7.05 Å². The van der Waals surface area contributed by atoms with E-state index in [1.54, 1.807) is 18.4 Å². The normalized spacial score (nSPS) is 16.1. The third-order valence-electron chi connectivity index (χ3n) is 2.28. The second-order valence-corrected chi connectivity index (χ2v) is 7.18. The largest absolute Gasteiger partial charge is 0.333 e. The Morgan fingerprint density at radius 1 is 1.68 bits per heavy atom. The molecule has 2 atom stereocenters. The van der Waals surface area contributed by atoms with Gasteiger partial charge in [-0.25, -0.2) is 0 Å². The summed E-state index contributed by atoms with van der Waals surface area (Å²) in [6.07, 6.45) is 1.45. The van der Waals surface area contributed by atoms with Crippen LogP contribution in [0.15, 0.2) is 35.2 Å². The van der Waals surface area contributed by atoms with Gasteiger partial charge in [-0.05, 0) is 11.4 Å². The Labute approximate surface area is 121 Å². The highest BCUT2D eigenvalue weighted by Gasteiger charge is 2.21. The van der Waals surface area contributed by atoms with E-state index >= 15 is 0 Å². The van der Waals surface area contributed by atoms with Crippen molar-refractivity contribution in [2.24, 2.45) is 4.99 Å². The maximum absolute atomic E-state index is 10.8. The van der Waals surface area contributed by atoms with Crippen molar-refractivity contribution in [3.63, 3.8) is 0 Å². The van der Waals surface area contributed by atoms with Crippen molar-refractivity contribution in [1.29, 1.82) is 0 Å². The van der Waals surface area contributed by atoms with Crippen molar-refractivity contribution in [3.05, 3.63) is 35.0 Å². The predicted octanol–water partition coefficient (Wildman–Crippen LogP) is 2.19. The van der Waals surface area contributed by atoms with Gasteiger partial charge in [0.2, 0.25) is 0 Å². The molecule has 0 aliphatic heterocycles. The van der Waals surface area contributed by atoms with Crippen LogP contribution in [0.25, 0.3) is 0 Å². The third-order valence-corrected chi connectivity index (χ3v) is 5.14. The molecule has 0 aliphatic rings. The summed E-state index contributed by atoms with van der Waals surface area (Å²) in [6.45, 7) is 5.41. The van der Waals surface area contributed by atoms with Gasteiger partial charge >= 0.3 is 10.3 Å². The lowest BCUT2D eigenvalue weighted by molar-refractivity contribution is 0.460. The molecule has 0 aromatic carbocycles. The minimum Gasteiger partial charge on any atom is -0.280 e. The van der Waals surface area contributed by atoms with Crippen LogP contribution in [0, 0.1) is 0 Å². The van der Waals surface area contributed by atoms with E-state index in [9.17, 15) is 8.42 Å². The molecule has 0 bridgehead atoms. The molecule has 0 aliphatic carbocycles. The van der Waals surface area contributed by atoms with Crippen molar-refractivity contribution in [1.82, 2.24) is 4.72 Å². The number of rotatable bonds is 6. The maximum Gasteiger partial charge on any atom is 0.333 e. The molecule has 0 fully saturated rings. The van der Waals surface area contributed by atoms with Crippen LogP contribution in [0.4, 0.5) is 0 Å². The van der Waals surface area contributed by atoms with Gasteiger partial charge in [0.05, 0.1) is 10.9 Å². The van der Waals surface area contributed by atoms with E-state index in [4.69, 9.17) is 4.55 Å². The molecule has 0 saturated carbocycles. The van der Waals surface area contributed by atoms with E-state index in [0.29, 0.717) is 0 Å². The number of thiophene rings is 1. The quantitative estimate of drug-likeness (QED) is 0.364. The molecular formula is C11H16N2O3S3. The molecule has 106 valence electrons. The Hall–Kier alpha value is -0.670. The maximum atomic E-state index is 10.8. The van der Waals surface area contributed by atoms with Gasteiger partial charge in [0.15, 0.2) is 0 Å². The lowest BCUT2D eigenvalue weighted by Gasteiger charge is -2.20. The standard InChI is InChI=1S/C11H16N2O3S3/c1-4-9(13-19(14,15)16)8(2)18-11(12-3)10-6-5-7-17-10/h4-9,13H,1H2,2-3H3,(H,14,15,16)/b12-11-/t8-,9?/m0/s1. The summed E-state index contributed by atoms with van der Waals surface area (Å²) in [6, 6.07) is 3.31. The van der Waals surface area contributed by atoms with Gasteiger partial charge in [-0.2, -0.15) is 13.1 Å². The van der Waals surface area contributed by atoms with Crippen molar-refractivity contribution in [3.8, 4) is 0 Å². The highest BCUT2D eigenvalue weighted by Crippen LogP contribution is 2.24. The monoisotopic (exact) mass is 320 g/mol. The van der Waals surface area contributed by atoms with E-state index in [-0.39, 0.29) is 5.25 Å². The van der Waals surface area contributed by atoms with Crippen LogP contribution >= 0.6 is 23.1 Å². The third kappa shape index (κ3) is 5.45. The molecule has 1 aromatic rings. The van der Waals surface area contributed by atoms with E-state index in [0.717, 1.165) is 9.92 Å².